The minimum Gasteiger partial charge on any atom is -0.395 e. The Bertz CT molecular complexity index is 237. The van der Waals surface area contributed by atoms with Gasteiger partial charge in [-0.1, -0.05) is 6.92 Å². The molecule has 1 atom stereocenters. The highest BCUT2D eigenvalue weighted by Crippen LogP contribution is 2.25. The fraction of sp³-hybridized carbons (Fsp3) is 0.500. The maximum Gasteiger partial charge on any atom is 0.0701 e. The quantitative estimate of drug-likeness (QED) is 0.904. The molecular formula is C8H11BrOS2. The third kappa shape index (κ3) is 3.47. The first-order valence-electron chi connectivity index (χ1n) is 3.67. The van der Waals surface area contributed by atoms with Gasteiger partial charge in [0.1, 0.15) is 0 Å². The molecule has 0 spiro atoms. The molecule has 1 rings (SSSR count). The predicted octanol–water partition coefficient (Wildman–Crippen LogP) is 3.12. The van der Waals surface area contributed by atoms with Crippen LogP contribution in [-0.4, -0.2) is 17.0 Å². The molecule has 1 aromatic rings. The monoisotopic (exact) mass is 266 g/mol. The summed E-state index contributed by atoms with van der Waals surface area (Å²) in [7, 11) is 0. The molecule has 68 valence electrons. The van der Waals surface area contributed by atoms with Gasteiger partial charge in [0.05, 0.1) is 10.4 Å². The number of hydrogen-bond donors (Lipinski definition) is 1. The van der Waals surface area contributed by atoms with Gasteiger partial charge in [0.25, 0.3) is 0 Å². The van der Waals surface area contributed by atoms with E-state index in [9.17, 15) is 0 Å². The van der Waals surface area contributed by atoms with Gasteiger partial charge in [-0.2, -0.15) is 11.8 Å². The van der Waals surface area contributed by atoms with Gasteiger partial charge in [-0.3, -0.25) is 0 Å². The SMILES string of the molecule is CC(CO)SCc1csc(Br)c1. The lowest BCUT2D eigenvalue weighted by Crippen LogP contribution is -2.01. The highest BCUT2D eigenvalue weighted by atomic mass is 79.9. The summed E-state index contributed by atoms with van der Waals surface area (Å²) in [6, 6.07) is 2.13. The van der Waals surface area contributed by atoms with Crippen LogP contribution in [-0.2, 0) is 5.75 Å². The number of thiophene rings is 1. The van der Waals surface area contributed by atoms with Crippen molar-refractivity contribution in [1.29, 1.82) is 0 Å². The summed E-state index contributed by atoms with van der Waals surface area (Å²) in [5, 5.41) is 11.3. The Morgan fingerprint density at radius 1 is 1.75 bits per heavy atom. The Balaban J connectivity index is 2.33. The second kappa shape index (κ2) is 5.27. The molecule has 1 aromatic heterocycles. The van der Waals surface area contributed by atoms with Crippen molar-refractivity contribution in [2.24, 2.45) is 0 Å². The van der Waals surface area contributed by atoms with Crippen molar-refractivity contribution in [2.75, 3.05) is 6.61 Å². The molecule has 0 aliphatic heterocycles. The van der Waals surface area contributed by atoms with E-state index < -0.39 is 0 Å². The minimum absolute atomic E-state index is 0.260. The highest BCUT2D eigenvalue weighted by molar-refractivity contribution is 9.11. The van der Waals surface area contributed by atoms with Gasteiger partial charge in [-0.05, 0) is 32.9 Å². The van der Waals surface area contributed by atoms with Gasteiger partial charge in [0.2, 0.25) is 0 Å². The van der Waals surface area contributed by atoms with Crippen LogP contribution >= 0.6 is 39.0 Å². The molecule has 1 nitrogen and oxygen atoms in total. The minimum atomic E-state index is 0.260. The lowest BCUT2D eigenvalue weighted by atomic mass is 10.4. The number of aliphatic hydroxyl groups excluding tert-OH is 1. The first kappa shape index (κ1) is 10.6. The maximum absolute atomic E-state index is 8.79. The zero-order valence-electron chi connectivity index (χ0n) is 6.79. The van der Waals surface area contributed by atoms with E-state index in [1.807, 2.05) is 6.92 Å². The first-order valence-corrected chi connectivity index (χ1v) is 6.40. The molecule has 1 N–H and O–H groups in total. The van der Waals surface area contributed by atoms with Crippen molar-refractivity contribution < 1.29 is 5.11 Å². The zero-order valence-corrected chi connectivity index (χ0v) is 10.0. The number of rotatable bonds is 4. The van der Waals surface area contributed by atoms with Crippen LogP contribution in [0.1, 0.15) is 12.5 Å². The molecule has 0 saturated heterocycles. The molecule has 1 unspecified atom stereocenters. The molecule has 0 aliphatic rings. The van der Waals surface area contributed by atoms with Gasteiger partial charge in [-0.15, -0.1) is 11.3 Å². The van der Waals surface area contributed by atoms with E-state index in [0.29, 0.717) is 5.25 Å². The lowest BCUT2D eigenvalue weighted by Gasteiger charge is -2.04. The Morgan fingerprint density at radius 2 is 2.50 bits per heavy atom. The van der Waals surface area contributed by atoms with Crippen LogP contribution in [0.5, 0.6) is 0 Å². The van der Waals surface area contributed by atoms with Crippen molar-refractivity contribution in [3.63, 3.8) is 0 Å². The number of hydrogen-bond acceptors (Lipinski definition) is 3. The van der Waals surface area contributed by atoms with Crippen molar-refractivity contribution in [3.05, 3.63) is 20.8 Å². The third-order valence-electron chi connectivity index (χ3n) is 1.41. The van der Waals surface area contributed by atoms with Crippen molar-refractivity contribution in [3.8, 4) is 0 Å². The van der Waals surface area contributed by atoms with Crippen molar-refractivity contribution >= 4 is 39.0 Å². The molecule has 0 saturated carbocycles. The summed E-state index contributed by atoms with van der Waals surface area (Å²) >= 11 is 6.90. The second-order valence-electron chi connectivity index (χ2n) is 2.56. The lowest BCUT2D eigenvalue weighted by molar-refractivity contribution is 0.300. The zero-order chi connectivity index (χ0) is 8.97. The van der Waals surface area contributed by atoms with Crippen LogP contribution in [0.3, 0.4) is 0 Å². The second-order valence-corrected chi connectivity index (χ2v) is 6.28. The van der Waals surface area contributed by atoms with E-state index >= 15 is 0 Å². The van der Waals surface area contributed by atoms with Gasteiger partial charge < -0.3 is 5.11 Å². The predicted molar refractivity (Wildman–Crippen MR) is 59.9 cm³/mol. The third-order valence-corrected chi connectivity index (χ3v) is 4.18. The van der Waals surface area contributed by atoms with Gasteiger partial charge in [0, 0.05) is 11.0 Å². The molecule has 0 aromatic carbocycles. The van der Waals surface area contributed by atoms with E-state index in [-0.39, 0.29) is 6.61 Å². The Hall–Kier alpha value is 0.490. The molecular weight excluding hydrogens is 256 g/mol. The van der Waals surface area contributed by atoms with Crippen LogP contribution in [0.25, 0.3) is 0 Å². The first-order chi connectivity index (χ1) is 5.72. The number of halogens is 1. The van der Waals surface area contributed by atoms with Gasteiger partial charge >= 0.3 is 0 Å². The number of aliphatic hydroxyl groups is 1. The summed E-state index contributed by atoms with van der Waals surface area (Å²) in [6.07, 6.45) is 0. The summed E-state index contributed by atoms with van der Waals surface area (Å²) in [6.45, 7) is 2.29. The van der Waals surface area contributed by atoms with Gasteiger partial charge in [0.15, 0.2) is 0 Å². The fourth-order valence-electron chi connectivity index (χ4n) is 0.713. The molecule has 12 heavy (non-hydrogen) atoms. The van der Waals surface area contributed by atoms with Crippen molar-refractivity contribution in [2.45, 2.75) is 17.9 Å². The van der Waals surface area contributed by atoms with Crippen LogP contribution in [0, 0.1) is 0 Å². The Labute approximate surface area is 89.3 Å². The normalized spacial score (nSPS) is 13.2. The summed E-state index contributed by atoms with van der Waals surface area (Å²) in [4.78, 5) is 0. The molecule has 4 heteroatoms. The largest absolute Gasteiger partial charge is 0.395 e. The Kier molecular flexibility index (Phi) is 4.64. The summed E-state index contributed by atoms with van der Waals surface area (Å²) in [5.74, 6) is 0.990. The van der Waals surface area contributed by atoms with Crippen LogP contribution in [0.15, 0.2) is 15.2 Å². The van der Waals surface area contributed by atoms with E-state index in [0.717, 1.165) is 5.75 Å². The van der Waals surface area contributed by atoms with E-state index in [1.54, 1.807) is 23.1 Å². The Morgan fingerprint density at radius 3 is 3.00 bits per heavy atom. The van der Waals surface area contributed by atoms with E-state index in [4.69, 9.17) is 5.11 Å². The standard InChI is InChI=1S/C8H11BrOS2/c1-6(3-10)11-4-7-2-8(9)12-5-7/h2,5-6,10H,3-4H2,1H3. The fourth-order valence-corrected chi connectivity index (χ4v) is 2.78. The smallest absolute Gasteiger partial charge is 0.0701 e. The molecule has 0 fully saturated rings. The van der Waals surface area contributed by atoms with E-state index in [1.165, 1.54) is 9.35 Å². The molecule has 0 radical (unpaired) electrons. The number of thioether (sulfide) groups is 1. The summed E-state index contributed by atoms with van der Waals surface area (Å²) in [5.41, 5.74) is 1.33. The maximum atomic E-state index is 8.79. The van der Waals surface area contributed by atoms with Crippen LogP contribution in [0.2, 0.25) is 0 Å². The average Bonchev–Trinajstić information content (AvgIpc) is 2.47. The topological polar surface area (TPSA) is 20.2 Å². The molecule has 1 heterocycles. The molecule has 0 aliphatic carbocycles. The van der Waals surface area contributed by atoms with Crippen LogP contribution < -0.4 is 0 Å². The van der Waals surface area contributed by atoms with E-state index in [2.05, 4.69) is 27.4 Å². The summed E-state index contributed by atoms with van der Waals surface area (Å²) < 4.78 is 1.18. The molecule has 0 bridgehead atoms. The average molecular weight is 267 g/mol. The van der Waals surface area contributed by atoms with Crippen LogP contribution in [0.4, 0.5) is 0 Å². The molecule has 0 amide bonds. The highest BCUT2D eigenvalue weighted by Gasteiger charge is 2.02. The van der Waals surface area contributed by atoms with Crippen molar-refractivity contribution in [1.82, 2.24) is 0 Å². The van der Waals surface area contributed by atoms with Gasteiger partial charge in [-0.25, -0.2) is 0 Å².